The third-order valence-corrected chi connectivity index (χ3v) is 4.37. The molecule has 0 fully saturated rings. The van der Waals surface area contributed by atoms with E-state index in [0.717, 1.165) is 42.8 Å². The summed E-state index contributed by atoms with van der Waals surface area (Å²) in [5, 5.41) is 12.0. The molecule has 0 bridgehead atoms. The average Bonchev–Trinajstić information content (AvgIpc) is 2.89. The van der Waals surface area contributed by atoms with Crippen LogP contribution >= 0.6 is 0 Å². The molecule has 0 aromatic carbocycles. The number of carbonyl (C=O) groups is 2. The minimum Gasteiger partial charge on any atom is -0.451 e. The van der Waals surface area contributed by atoms with Crippen molar-refractivity contribution in [3.05, 3.63) is 28.6 Å². The number of ether oxygens (including phenoxy) is 1. The van der Waals surface area contributed by atoms with E-state index in [-0.39, 0.29) is 18.1 Å². The second kappa shape index (κ2) is 11.2. The number of esters is 1. The molecule has 1 N–H and O–H groups in total. The van der Waals surface area contributed by atoms with Gasteiger partial charge in [-0.1, -0.05) is 27.2 Å². The largest absolute Gasteiger partial charge is 0.451 e. The lowest BCUT2D eigenvalue weighted by Crippen LogP contribution is -2.29. The van der Waals surface area contributed by atoms with Crippen LogP contribution in [0.15, 0.2) is 11.6 Å². The minimum atomic E-state index is -0.782. The predicted octanol–water partition coefficient (Wildman–Crippen LogP) is 3.52. The fourth-order valence-corrected chi connectivity index (χ4v) is 2.66. The summed E-state index contributed by atoms with van der Waals surface area (Å²) in [6.45, 7) is 11.4. The molecule has 1 amide bonds. The third-order valence-electron chi connectivity index (χ3n) is 4.37. The molecule has 1 aromatic heterocycles. The molecular weight excluding hydrogens is 342 g/mol. The van der Waals surface area contributed by atoms with Crippen LogP contribution in [0.5, 0.6) is 0 Å². The van der Waals surface area contributed by atoms with E-state index in [1.165, 1.54) is 6.08 Å². The molecule has 0 saturated heterocycles. The number of carbonyl (C=O) groups excluding carboxylic acids is 2. The van der Waals surface area contributed by atoms with Gasteiger partial charge in [0.15, 0.2) is 6.61 Å². The number of hydrogen-bond donors (Lipinski definition) is 1. The standard InChI is InChI=1S/C21H31N3O3/c1-6-7-9-23-20(25)14-27-21(26)19(13-22)12-18-11-16(4)24(17(18)5)10-8-15(2)3/h11-12,15H,6-10,14H2,1-5H3,(H,23,25)/b19-12+. The van der Waals surface area contributed by atoms with Gasteiger partial charge in [-0.25, -0.2) is 4.79 Å². The summed E-state index contributed by atoms with van der Waals surface area (Å²) in [6, 6.07) is 3.83. The van der Waals surface area contributed by atoms with Crippen molar-refractivity contribution < 1.29 is 14.3 Å². The topological polar surface area (TPSA) is 84.1 Å². The molecule has 0 unspecified atom stereocenters. The number of nitrogens with zero attached hydrogens (tertiary/aromatic N) is 2. The van der Waals surface area contributed by atoms with Crippen LogP contribution in [-0.2, 0) is 20.9 Å². The van der Waals surface area contributed by atoms with Gasteiger partial charge in [-0.2, -0.15) is 5.26 Å². The highest BCUT2D eigenvalue weighted by Crippen LogP contribution is 2.20. The maximum Gasteiger partial charge on any atom is 0.349 e. The first kappa shape index (κ1) is 22.5. The van der Waals surface area contributed by atoms with Crippen molar-refractivity contribution in [3.63, 3.8) is 0 Å². The van der Waals surface area contributed by atoms with Gasteiger partial charge in [0.05, 0.1) is 0 Å². The molecule has 27 heavy (non-hydrogen) atoms. The molecule has 1 aromatic rings. The summed E-state index contributed by atoms with van der Waals surface area (Å²) in [5.41, 5.74) is 2.80. The third kappa shape index (κ3) is 7.30. The Hall–Kier alpha value is -2.55. The van der Waals surface area contributed by atoms with Crippen molar-refractivity contribution in [2.45, 2.75) is 60.4 Å². The normalized spacial score (nSPS) is 11.4. The molecule has 0 aliphatic rings. The Morgan fingerprint density at radius 3 is 2.67 bits per heavy atom. The molecule has 0 saturated carbocycles. The molecule has 148 valence electrons. The molecule has 0 atom stereocenters. The van der Waals surface area contributed by atoms with Crippen LogP contribution in [0.2, 0.25) is 0 Å². The van der Waals surface area contributed by atoms with E-state index in [4.69, 9.17) is 4.74 Å². The first-order chi connectivity index (χ1) is 12.8. The zero-order valence-corrected chi connectivity index (χ0v) is 17.1. The minimum absolute atomic E-state index is 0.111. The van der Waals surface area contributed by atoms with E-state index >= 15 is 0 Å². The van der Waals surface area contributed by atoms with Gasteiger partial charge >= 0.3 is 5.97 Å². The van der Waals surface area contributed by atoms with Gasteiger partial charge in [-0.05, 0) is 50.3 Å². The van der Waals surface area contributed by atoms with Crippen LogP contribution in [0.4, 0.5) is 0 Å². The summed E-state index contributed by atoms with van der Waals surface area (Å²) in [7, 11) is 0. The number of amides is 1. The second-order valence-electron chi connectivity index (χ2n) is 7.11. The van der Waals surface area contributed by atoms with Crippen molar-refractivity contribution in [1.82, 2.24) is 9.88 Å². The first-order valence-corrected chi connectivity index (χ1v) is 9.52. The predicted molar refractivity (Wildman–Crippen MR) is 106 cm³/mol. The quantitative estimate of drug-likeness (QED) is 0.294. The van der Waals surface area contributed by atoms with Gasteiger partial charge in [-0.15, -0.1) is 0 Å². The van der Waals surface area contributed by atoms with E-state index in [0.29, 0.717) is 12.5 Å². The lowest BCUT2D eigenvalue weighted by molar-refractivity contribution is -0.144. The Balaban J connectivity index is 2.79. The zero-order chi connectivity index (χ0) is 20.4. The number of hydrogen-bond acceptors (Lipinski definition) is 4. The fourth-order valence-electron chi connectivity index (χ4n) is 2.66. The Labute approximate surface area is 162 Å². The number of rotatable bonds is 10. The lowest BCUT2D eigenvalue weighted by Gasteiger charge is -2.11. The Bertz CT molecular complexity index is 724. The highest BCUT2D eigenvalue weighted by Gasteiger charge is 2.15. The van der Waals surface area contributed by atoms with Gasteiger partial charge in [0, 0.05) is 24.5 Å². The fraction of sp³-hybridized carbons (Fsp3) is 0.571. The van der Waals surface area contributed by atoms with Crippen LogP contribution in [0.25, 0.3) is 6.08 Å². The molecule has 0 radical (unpaired) electrons. The maximum absolute atomic E-state index is 12.1. The molecule has 1 rings (SSSR count). The van der Waals surface area contributed by atoms with Crippen molar-refractivity contribution >= 4 is 18.0 Å². The van der Waals surface area contributed by atoms with Crippen molar-refractivity contribution in [2.24, 2.45) is 5.92 Å². The Morgan fingerprint density at radius 2 is 2.07 bits per heavy atom. The molecule has 1 heterocycles. The maximum atomic E-state index is 12.1. The Morgan fingerprint density at radius 1 is 1.37 bits per heavy atom. The van der Waals surface area contributed by atoms with Crippen molar-refractivity contribution in [1.29, 1.82) is 5.26 Å². The van der Waals surface area contributed by atoms with Crippen LogP contribution in [0.3, 0.4) is 0 Å². The van der Waals surface area contributed by atoms with Crippen LogP contribution in [0.1, 0.15) is 57.0 Å². The Kier molecular flexibility index (Phi) is 9.35. The summed E-state index contributed by atoms with van der Waals surface area (Å²) in [6.07, 6.45) is 4.43. The van der Waals surface area contributed by atoms with Gasteiger partial charge in [0.25, 0.3) is 5.91 Å². The number of aryl methyl sites for hydroxylation is 1. The zero-order valence-electron chi connectivity index (χ0n) is 17.1. The highest BCUT2D eigenvalue weighted by molar-refractivity contribution is 5.99. The molecule has 0 aliphatic heterocycles. The monoisotopic (exact) mass is 373 g/mol. The van der Waals surface area contributed by atoms with E-state index < -0.39 is 5.97 Å². The summed E-state index contributed by atoms with van der Waals surface area (Å²) in [4.78, 5) is 23.8. The van der Waals surface area contributed by atoms with Crippen molar-refractivity contribution in [2.75, 3.05) is 13.2 Å². The number of aromatic nitrogens is 1. The van der Waals surface area contributed by atoms with Gasteiger partial charge in [-0.3, -0.25) is 4.79 Å². The van der Waals surface area contributed by atoms with Gasteiger partial charge in [0.2, 0.25) is 0 Å². The van der Waals surface area contributed by atoms with E-state index in [9.17, 15) is 14.9 Å². The van der Waals surface area contributed by atoms with E-state index in [2.05, 4.69) is 23.7 Å². The second-order valence-corrected chi connectivity index (χ2v) is 7.11. The van der Waals surface area contributed by atoms with Gasteiger partial charge < -0.3 is 14.6 Å². The molecule has 6 nitrogen and oxygen atoms in total. The molecule has 0 aliphatic carbocycles. The van der Waals surface area contributed by atoms with Crippen LogP contribution < -0.4 is 5.32 Å². The number of nitrogens with one attached hydrogen (secondary N) is 1. The summed E-state index contributed by atoms with van der Waals surface area (Å²) < 4.78 is 7.15. The van der Waals surface area contributed by atoms with Crippen LogP contribution in [-0.4, -0.2) is 29.6 Å². The smallest absolute Gasteiger partial charge is 0.349 e. The van der Waals surface area contributed by atoms with Crippen molar-refractivity contribution in [3.8, 4) is 6.07 Å². The summed E-state index contributed by atoms with van der Waals surface area (Å²) in [5.74, 6) is -0.547. The lowest BCUT2D eigenvalue weighted by atomic mass is 10.1. The summed E-state index contributed by atoms with van der Waals surface area (Å²) >= 11 is 0. The number of unbranched alkanes of at least 4 members (excludes halogenated alkanes) is 1. The average molecular weight is 373 g/mol. The number of nitriles is 1. The van der Waals surface area contributed by atoms with E-state index in [1.54, 1.807) is 0 Å². The molecular formula is C21H31N3O3. The van der Waals surface area contributed by atoms with E-state index in [1.807, 2.05) is 32.9 Å². The van der Waals surface area contributed by atoms with Crippen LogP contribution in [0, 0.1) is 31.1 Å². The first-order valence-electron chi connectivity index (χ1n) is 9.52. The molecule has 6 heteroatoms. The SMILES string of the molecule is CCCCNC(=O)COC(=O)/C(C#N)=C/c1cc(C)n(CCC(C)C)c1C. The molecule has 0 spiro atoms. The van der Waals surface area contributed by atoms with Gasteiger partial charge in [0.1, 0.15) is 11.6 Å². The highest BCUT2D eigenvalue weighted by atomic mass is 16.5.